The van der Waals surface area contributed by atoms with Gasteiger partial charge in [-0.05, 0) is 43.7 Å². The highest BCUT2D eigenvalue weighted by Gasteiger charge is 2.18. The SMILES string of the molecule is CCCN(CCO)C(=O)CNC(=O)c1cc2c(s1)CCCC2. The van der Waals surface area contributed by atoms with Crippen LogP contribution in [-0.2, 0) is 17.6 Å². The number of fused-ring (bicyclic) bond motifs is 1. The van der Waals surface area contributed by atoms with Crippen molar-refractivity contribution in [2.24, 2.45) is 0 Å². The molecule has 2 amide bonds. The molecule has 0 aliphatic heterocycles. The van der Waals surface area contributed by atoms with Crippen molar-refractivity contribution in [3.8, 4) is 0 Å². The molecule has 1 aromatic heterocycles. The second-order valence-corrected chi connectivity index (χ2v) is 6.69. The lowest BCUT2D eigenvalue weighted by molar-refractivity contribution is -0.130. The van der Waals surface area contributed by atoms with Crippen LogP contribution in [0.4, 0.5) is 0 Å². The van der Waals surface area contributed by atoms with E-state index in [1.807, 2.05) is 13.0 Å². The maximum atomic E-state index is 12.2. The fourth-order valence-electron chi connectivity index (χ4n) is 2.71. The first-order valence-electron chi connectivity index (χ1n) is 7.94. The van der Waals surface area contributed by atoms with E-state index in [4.69, 9.17) is 5.11 Å². The molecule has 0 unspecified atom stereocenters. The lowest BCUT2D eigenvalue weighted by atomic mass is 9.99. The second-order valence-electron chi connectivity index (χ2n) is 5.55. The molecule has 0 fully saturated rings. The number of aliphatic hydroxyl groups is 1. The average molecular weight is 324 g/mol. The van der Waals surface area contributed by atoms with Crippen LogP contribution >= 0.6 is 11.3 Å². The summed E-state index contributed by atoms with van der Waals surface area (Å²) in [5.41, 5.74) is 1.29. The van der Waals surface area contributed by atoms with Crippen LogP contribution in [0.15, 0.2) is 6.07 Å². The molecule has 0 spiro atoms. The maximum absolute atomic E-state index is 12.2. The topological polar surface area (TPSA) is 69.6 Å². The van der Waals surface area contributed by atoms with Gasteiger partial charge in [0.15, 0.2) is 0 Å². The van der Waals surface area contributed by atoms with Gasteiger partial charge in [0.1, 0.15) is 0 Å². The van der Waals surface area contributed by atoms with Gasteiger partial charge in [-0.15, -0.1) is 11.3 Å². The fourth-order valence-corrected chi connectivity index (χ4v) is 3.88. The lowest BCUT2D eigenvalue weighted by Crippen LogP contribution is -2.41. The van der Waals surface area contributed by atoms with E-state index in [-0.39, 0.29) is 25.0 Å². The van der Waals surface area contributed by atoms with Gasteiger partial charge >= 0.3 is 0 Å². The number of carbonyl (C=O) groups excluding carboxylic acids is 2. The molecule has 1 aliphatic carbocycles. The van der Waals surface area contributed by atoms with E-state index in [1.165, 1.54) is 23.3 Å². The van der Waals surface area contributed by atoms with Gasteiger partial charge in [-0.25, -0.2) is 0 Å². The number of thiophene rings is 1. The van der Waals surface area contributed by atoms with Crippen molar-refractivity contribution in [3.05, 3.63) is 21.4 Å². The molecule has 0 bridgehead atoms. The highest BCUT2D eigenvalue weighted by atomic mass is 32.1. The molecule has 0 saturated carbocycles. The Morgan fingerprint density at radius 2 is 2.09 bits per heavy atom. The normalized spacial score (nSPS) is 13.5. The molecule has 0 radical (unpaired) electrons. The van der Waals surface area contributed by atoms with E-state index in [1.54, 1.807) is 16.2 Å². The zero-order valence-corrected chi connectivity index (χ0v) is 13.9. The predicted octanol–water partition coefficient (Wildman–Crippen LogP) is 1.59. The van der Waals surface area contributed by atoms with Gasteiger partial charge in [-0.3, -0.25) is 9.59 Å². The van der Waals surface area contributed by atoms with Crippen LogP contribution < -0.4 is 5.32 Å². The van der Waals surface area contributed by atoms with E-state index < -0.39 is 0 Å². The first kappa shape index (κ1) is 17.0. The molecule has 22 heavy (non-hydrogen) atoms. The maximum Gasteiger partial charge on any atom is 0.261 e. The summed E-state index contributed by atoms with van der Waals surface area (Å²) in [6.45, 7) is 2.82. The quantitative estimate of drug-likeness (QED) is 0.800. The number of aliphatic hydroxyl groups excluding tert-OH is 1. The highest BCUT2D eigenvalue weighted by molar-refractivity contribution is 7.14. The zero-order valence-electron chi connectivity index (χ0n) is 13.1. The second kappa shape index (κ2) is 8.29. The van der Waals surface area contributed by atoms with Crippen molar-refractivity contribution in [2.45, 2.75) is 39.0 Å². The first-order valence-corrected chi connectivity index (χ1v) is 8.75. The van der Waals surface area contributed by atoms with E-state index in [2.05, 4.69) is 5.32 Å². The predicted molar refractivity (Wildman–Crippen MR) is 87.3 cm³/mol. The molecule has 0 saturated heterocycles. The molecule has 122 valence electrons. The lowest BCUT2D eigenvalue weighted by Gasteiger charge is -2.21. The van der Waals surface area contributed by atoms with Crippen molar-refractivity contribution in [1.82, 2.24) is 10.2 Å². The standard InChI is InChI=1S/C16H24N2O3S/c1-2-7-18(8-9-19)15(20)11-17-16(21)14-10-12-5-3-4-6-13(12)22-14/h10,19H,2-9,11H2,1H3,(H,17,21). The van der Waals surface area contributed by atoms with Crippen molar-refractivity contribution in [3.63, 3.8) is 0 Å². The Balaban J connectivity index is 1.88. The van der Waals surface area contributed by atoms with Gasteiger partial charge < -0.3 is 15.3 Å². The van der Waals surface area contributed by atoms with Crippen LogP contribution in [0.2, 0.25) is 0 Å². The van der Waals surface area contributed by atoms with Crippen molar-refractivity contribution >= 4 is 23.2 Å². The molecule has 1 aromatic rings. The van der Waals surface area contributed by atoms with Crippen LogP contribution in [-0.4, -0.2) is 48.1 Å². The average Bonchev–Trinajstić information content (AvgIpc) is 2.96. The summed E-state index contributed by atoms with van der Waals surface area (Å²) in [4.78, 5) is 27.8. The number of carbonyl (C=O) groups is 2. The smallest absolute Gasteiger partial charge is 0.261 e. The molecule has 2 rings (SSSR count). The third-order valence-electron chi connectivity index (χ3n) is 3.84. The van der Waals surface area contributed by atoms with Crippen molar-refractivity contribution in [1.29, 1.82) is 0 Å². The number of hydrogen-bond acceptors (Lipinski definition) is 4. The summed E-state index contributed by atoms with van der Waals surface area (Å²) in [6.07, 6.45) is 5.33. The Kier molecular flexibility index (Phi) is 6.39. The molecular formula is C16H24N2O3S. The van der Waals surface area contributed by atoms with Crippen LogP contribution in [0.5, 0.6) is 0 Å². The largest absolute Gasteiger partial charge is 0.395 e. The molecule has 2 N–H and O–H groups in total. The first-order chi connectivity index (χ1) is 10.7. The fraction of sp³-hybridized carbons (Fsp3) is 0.625. The minimum absolute atomic E-state index is 0.0125. The molecule has 1 heterocycles. The van der Waals surface area contributed by atoms with Gasteiger partial charge in [0.05, 0.1) is 18.0 Å². The summed E-state index contributed by atoms with van der Waals surface area (Å²) < 4.78 is 0. The minimum atomic E-state index is -0.173. The number of aryl methyl sites for hydroxylation is 2. The minimum Gasteiger partial charge on any atom is -0.395 e. The molecule has 5 nitrogen and oxygen atoms in total. The van der Waals surface area contributed by atoms with Gasteiger partial charge in [0.2, 0.25) is 5.91 Å². The van der Waals surface area contributed by atoms with Crippen molar-refractivity contribution in [2.75, 3.05) is 26.2 Å². The Bertz CT molecular complexity index is 498. The Labute approximate surface area is 135 Å². The van der Waals surface area contributed by atoms with Crippen LogP contribution in [0.25, 0.3) is 0 Å². The van der Waals surface area contributed by atoms with E-state index in [0.29, 0.717) is 18.0 Å². The van der Waals surface area contributed by atoms with E-state index in [9.17, 15) is 9.59 Å². The summed E-state index contributed by atoms with van der Waals surface area (Å²) in [6, 6.07) is 1.97. The van der Waals surface area contributed by atoms with Gasteiger partial charge in [0.25, 0.3) is 5.91 Å². The summed E-state index contributed by atoms with van der Waals surface area (Å²) in [5.74, 6) is -0.321. The Morgan fingerprint density at radius 1 is 1.32 bits per heavy atom. The van der Waals surface area contributed by atoms with Crippen LogP contribution in [0.1, 0.15) is 46.3 Å². The number of rotatable bonds is 7. The van der Waals surface area contributed by atoms with Crippen molar-refractivity contribution < 1.29 is 14.7 Å². The molecule has 6 heteroatoms. The molecule has 0 atom stereocenters. The summed E-state index contributed by atoms with van der Waals surface area (Å²) >= 11 is 1.55. The Hall–Kier alpha value is -1.40. The third-order valence-corrected chi connectivity index (χ3v) is 5.07. The van der Waals surface area contributed by atoms with Gasteiger partial charge in [-0.1, -0.05) is 6.92 Å². The number of nitrogens with zero attached hydrogens (tertiary/aromatic N) is 1. The number of nitrogens with one attached hydrogen (secondary N) is 1. The van der Waals surface area contributed by atoms with E-state index >= 15 is 0 Å². The van der Waals surface area contributed by atoms with Crippen LogP contribution in [0.3, 0.4) is 0 Å². The van der Waals surface area contributed by atoms with Gasteiger partial charge in [-0.2, -0.15) is 0 Å². The number of amides is 2. The zero-order chi connectivity index (χ0) is 15.9. The molecular weight excluding hydrogens is 300 g/mol. The monoisotopic (exact) mass is 324 g/mol. The molecule has 0 aromatic carbocycles. The van der Waals surface area contributed by atoms with Crippen LogP contribution in [0, 0.1) is 0 Å². The number of hydrogen-bond donors (Lipinski definition) is 2. The molecule has 1 aliphatic rings. The third kappa shape index (κ3) is 4.30. The van der Waals surface area contributed by atoms with Gasteiger partial charge in [0, 0.05) is 18.0 Å². The Morgan fingerprint density at radius 3 is 2.77 bits per heavy atom. The van der Waals surface area contributed by atoms with E-state index in [0.717, 1.165) is 19.3 Å². The summed E-state index contributed by atoms with van der Waals surface area (Å²) in [5, 5.41) is 11.7. The summed E-state index contributed by atoms with van der Waals surface area (Å²) in [7, 11) is 0. The highest BCUT2D eigenvalue weighted by Crippen LogP contribution is 2.29.